The molecule has 0 saturated heterocycles. The fourth-order valence-electron chi connectivity index (χ4n) is 1.20. The van der Waals surface area contributed by atoms with E-state index in [2.05, 4.69) is 27.7 Å². The van der Waals surface area contributed by atoms with Crippen LogP contribution in [-0.4, -0.2) is 6.79 Å². The molecule has 0 bridgehead atoms. The Morgan fingerprint density at radius 1 is 1.27 bits per heavy atom. The van der Waals surface area contributed by atoms with Crippen molar-refractivity contribution < 1.29 is 9.47 Å². The van der Waals surface area contributed by atoms with Crippen molar-refractivity contribution in [3.8, 4) is 0 Å². The fraction of sp³-hybridized carbons (Fsp3) is 0.778. The summed E-state index contributed by atoms with van der Waals surface area (Å²) >= 11 is 0. The van der Waals surface area contributed by atoms with Crippen LogP contribution < -0.4 is 0 Å². The highest BCUT2D eigenvalue weighted by Gasteiger charge is 2.27. The monoisotopic (exact) mass is 156 g/mol. The SMILES string of the molecule is CCC1=C(C(C)(C)C)OCO1. The number of allylic oxidation sites excluding steroid dienone is 2. The van der Waals surface area contributed by atoms with E-state index >= 15 is 0 Å². The molecule has 1 aliphatic heterocycles. The summed E-state index contributed by atoms with van der Waals surface area (Å²) in [6.45, 7) is 8.87. The first kappa shape index (κ1) is 8.44. The third kappa shape index (κ3) is 1.67. The van der Waals surface area contributed by atoms with Crippen molar-refractivity contribution in [2.75, 3.05) is 6.79 Å². The van der Waals surface area contributed by atoms with Gasteiger partial charge in [-0.05, 0) is 0 Å². The summed E-state index contributed by atoms with van der Waals surface area (Å²) in [6.07, 6.45) is 0.923. The van der Waals surface area contributed by atoms with Gasteiger partial charge < -0.3 is 9.47 Å². The third-order valence-electron chi connectivity index (χ3n) is 1.69. The van der Waals surface area contributed by atoms with Crippen LogP contribution in [0, 0.1) is 5.41 Å². The molecular weight excluding hydrogens is 140 g/mol. The first-order valence-corrected chi connectivity index (χ1v) is 4.05. The number of rotatable bonds is 1. The quantitative estimate of drug-likeness (QED) is 0.581. The summed E-state index contributed by atoms with van der Waals surface area (Å²) in [5.74, 6) is 2.03. The van der Waals surface area contributed by atoms with Crippen molar-refractivity contribution in [3.05, 3.63) is 11.5 Å². The molecule has 2 nitrogen and oxygen atoms in total. The summed E-state index contributed by atoms with van der Waals surface area (Å²) in [4.78, 5) is 0. The normalized spacial score (nSPS) is 18.2. The Bertz CT molecular complexity index is 174. The molecule has 0 amide bonds. The van der Waals surface area contributed by atoms with Gasteiger partial charge in [0, 0.05) is 11.8 Å². The fourth-order valence-corrected chi connectivity index (χ4v) is 1.20. The van der Waals surface area contributed by atoms with E-state index in [1.54, 1.807) is 0 Å². The van der Waals surface area contributed by atoms with E-state index in [0.29, 0.717) is 6.79 Å². The molecule has 0 aromatic carbocycles. The minimum absolute atomic E-state index is 0.0852. The number of hydrogen-bond donors (Lipinski definition) is 0. The molecule has 0 N–H and O–H groups in total. The second-order valence-corrected chi connectivity index (χ2v) is 3.76. The highest BCUT2D eigenvalue weighted by molar-refractivity contribution is 5.10. The molecule has 0 unspecified atom stereocenters. The minimum Gasteiger partial charge on any atom is -0.458 e. The topological polar surface area (TPSA) is 18.5 Å². The lowest BCUT2D eigenvalue weighted by molar-refractivity contribution is 0.0551. The van der Waals surface area contributed by atoms with Gasteiger partial charge in [-0.2, -0.15) is 0 Å². The Hall–Kier alpha value is -0.660. The molecule has 0 saturated carbocycles. The molecule has 0 aromatic rings. The van der Waals surface area contributed by atoms with Gasteiger partial charge in [-0.15, -0.1) is 0 Å². The summed E-state index contributed by atoms with van der Waals surface area (Å²) in [5, 5.41) is 0. The Morgan fingerprint density at radius 3 is 2.27 bits per heavy atom. The van der Waals surface area contributed by atoms with Crippen LogP contribution in [0.3, 0.4) is 0 Å². The second kappa shape index (κ2) is 2.76. The maximum Gasteiger partial charge on any atom is 0.230 e. The van der Waals surface area contributed by atoms with Gasteiger partial charge in [0.15, 0.2) is 0 Å². The van der Waals surface area contributed by atoms with Gasteiger partial charge in [0.25, 0.3) is 0 Å². The van der Waals surface area contributed by atoms with Gasteiger partial charge in [0.05, 0.1) is 0 Å². The maximum absolute atomic E-state index is 5.38. The van der Waals surface area contributed by atoms with Crippen LogP contribution in [0.4, 0.5) is 0 Å². The summed E-state index contributed by atoms with van der Waals surface area (Å²) in [6, 6.07) is 0. The Labute approximate surface area is 68.2 Å². The van der Waals surface area contributed by atoms with E-state index in [4.69, 9.17) is 9.47 Å². The van der Waals surface area contributed by atoms with Gasteiger partial charge in [-0.1, -0.05) is 27.7 Å². The second-order valence-electron chi connectivity index (χ2n) is 3.76. The molecule has 11 heavy (non-hydrogen) atoms. The van der Waals surface area contributed by atoms with E-state index < -0.39 is 0 Å². The zero-order valence-electron chi connectivity index (χ0n) is 7.73. The minimum atomic E-state index is 0.0852. The molecule has 0 spiro atoms. The molecule has 0 fully saturated rings. The molecule has 0 aromatic heterocycles. The lowest BCUT2D eigenvalue weighted by atomic mass is 9.92. The van der Waals surface area contributed by atoms with E-state index in [-0.39, 0.29) is 5.41 Å². The highest BCUT2D eigenvalue weighted by atomic mass is 16.7. The average molecular weight is 156 g/mol. The maximum atomic E-state index is 5.38. The summed E-state index contributed by atoms with van der Waals surface area (Å²) < 4.78 is 10.7. The molecule has 64 valence electrons. The predicted octanol–water partition coefficient (Wildman–Crippen LogP) is 2.66. The van der Waals surface area contributed by atoms with E-state index in [1.165, 1.54) is 0 Å². The lowest BCUT2D eigenvalue weighted by Crippen LogP contribution is -2.10. The zero-order valence-corrected chi connectivity index (χ0v) is 7.73. The van der Waals surface area contributed by atoms with Crippen molar-refractivity contribution >= 4 is 0 Å². The summed E-state index contributed by atoms with van der Waals surface area (Å²) in [5.41, 5.74) is 0.0852. The van der Waals surface area contributed by atoms with Crippen LogP contribution in [0.15, 0.2) is 11.5 Å². The van der Waals surface area contributed by atoms with Gasteiger partial charge in [-0.3, -0.25) is 0 Å². The van der Waals surface area contributed by atoms with E-state index in [0.717, 1.165) is 17.9 Å². The van der Waals surface area contributed by atoms with Crippen LogP contribution in [0.5, 0.6) is 0 Å². The lowest BCUT2D eigenvalue weighted by Gasteiger charge is -2.18. The van der Waals surface area contributed by atoms with Crippen molar-refractivity contribution in [3.63, 3.8) is 0 Å². The third-order valence-corrected chi connectivity index (χ3v) is 1.69. The molecule has 0 atom stereocenters. The molecule has 1 aliphatic rings. The van der Waals surface area contributed by atoms with Crippen molar-refractivity contribution in [2.24, 2.45) is 5.41 Å². The smallest absolute Gasteiger partial charge is 0.230 e. The summed E-state index contributed by atoms with van der Waals surface area (Å²) in [7, 11) is 0. The largest absolute Gasteiger partial charge is 0.458 e. The van der Waals surface area contributed by atoms with Gasteiger partial charge in [-0.25, -0.2) is 0 Å². The Balaban J connectivity index is 2.83. The van der Waals surface area contributed by atoms with Crippen molar-refractivity contribution in [1.82, 2.24) is 0 Å². The molecule has 2 heteroatoms. The van der Waals surface area contributed by atoms with E-state index in [9.17, 15) is 0 Å². The van der Waals surface area contributed by atoms with Crippen molar-refractivity contribution in [2.45, 2.75) is 34.1 Å². The first-order chi connectivity index (χ1) is 5.05. The number of ether oxygens (including phenoxy) is 2. The van der Waals surface area contributed by atoms with Gasteiger partial charge in [0.2, 0.25) is 6.79 Å². The average Bonchev–Trinajstić information content (AvgIpc) is 2.31. The highest BCUT2D eigenvalue weighted by Crippen LogP contribution is 2.34. The molecule has 0 radical (unpaired) electrons. The van der Waals surface area contributed by atoms with Crippen LogP contribution in [0.25, 0.3) is 0 Å². The van der Waals surface area contributed by atoms with Crippen LogP contribution >= 0.6 is 0 Å². The Morgan fingerprint density at radius 2 is 1.91 bits per heavy atom. The van der Waals surface area contributed by atoms with Crippen LogP contribution in [0.1, 0.15) is 34.1 Å². The standard InChI is InChI=1S/C9H16O2/c1-5-7-8(9(2,3)4)11-6-10-7/h5-6H2,1-4H3. The molecule has 0 aliphatic carbocycles. The molecule has 1 rings (SSSR count). The van der Waals surface area contributed by atoms with E-state index in [1.807, 2.05) is 0 Å². The molecule has 1 heterocycles. The zero-order chi connectivity index (χ0) is 8.48. The van der Waals surface area contributed by atoms with Crippen LogP contribution in [0.2, 0.25) is 0 Å². The van der Waals surface area contributed by atoms with Gasteiger partial charge in [0.1, 0.15) is 11.5 Å². The Kier molecular flexibility index (Phi) is 2.12. The van der Waals surface area contributed by atoms with Gasteiger partial charge >= 0.3 is 0 Å². The van der Waals surface area contributed by atoms with Crippen molar-refractivity contribution in [1.29, 1.82) is 0 Å². The number of hydrogen-bond acceptors (Lipinski definition) is 2. The predicted molar refractivity (Wildman–Crippen MR) is 43.8 cm³/mol. The first-order valence-electron chi connectivity index (χ1n) is 4.05. The van der Waals surface area contributed by atoms with Crippen LogP contribution in [-0.2, 0) is 9.47 Å². The molecular formula is C9H16O2.